The molecule has 1 aliphatic rings. The Kier molecular flexibility index (Phi) is 3.50. The van der Waals surface area contributed by atoms with Gasteiger partial charge in [0.2, 0.25) is 0 Å². The van der Waals surface area contributed by atoms with Crippen molar-refractivity contribution in [3.63, 3.8) is 0 Å². The van der Waals surface area contributed by atoms with Crippen LogP contribution in [-0.2, 0) is 19.0 Å². The third kappa shape index (κ3) is 2.69. The average molecular weight is 202 g/mol. The standard InChI is InChI=1S/C10H18O4/c1-5-12-9(11)7(2)8-6-13-10(3,4)14-8/h7-8H,5-6H2,1-4H3/t7-,8-/m0/s1. The summed E-state index contributed by atoms with van der Waals surface area (Å²) in [6.45, 7) is 8.12. The van der Waals surface area contributed by atoms with Crippen LogP contribution in [0.15, 0.2) is 0 Å². The van der Waals surface area contributed by atoms with Crippen molar-refractivity contribution in [2.45, 2.75) is 39.6 Å². The van der Waals surface area contributed by atoms with Crippen molar-refractivity contribution in [2.24, 2.45) is 5.92 Å². The molecule has 2 atom stereocenters. The Bertz CT molecular complexity index is 212. The first-order valence-corrected chi connectivity index (χ1v) is 4.94. The van der Waals surface area contributed by atoms with Crippen molar-refractivity contribution in [3.8, 4) is 0 Å². The molecule has 4 nitrogen and oxygen atoms in total. The summed E-state index contributed by atoms with van der Waals surface area (Å²) in [5, 5.41) is 0. The van der Waals surface area contributed by atoms with E-state index >= 15 is 0 Å². The van der Waals surface area contributed by atoms with Gasteiger partial charge in [-0.05, 0) is 27.7 Å². The smallest absolute Gasteiger partial charge is 0.311 e. The molecule has 0 aliphatic carbocycles. The van der Waals surface area contributed by atoms with Crippen LogP contribution < -0.4 is 0 Å². The van der Waals surface area contributed by atoms with E-state index in [-0.39, 0.29) is 18.0 Å². The lowest BCUT2D eigenvalue weighted by Crippen LogP contribution is -2.31. The molecule has 82 valence electrons. The second-order valence-electron chi connectivity index (χ2n) is 3.91. The SMILES string of the molecule is CCOC(=O)[C@@H](C)[C@@H]1COC(C)(C)O1. The summed E-state index contributed by atoms with van der Waals surface area (Å²) < 4.78 is 15.8. The van der Waals surface area contributed by atoms with Gasteiger partial charge in [-0.25, -0.2) is 0 Å². The number of hydrogen-bond donors (Lipinski definition) is 0. The molecular formula is C10H18O4. The lowest BCUT2D eigenvalue weighted by Gasteiger charge is -2.19. The second kappa shape index (κ2) is 4.28. The van der Waals surface area contributed by atoms with Crippen molar-refractivity contribution in [1.29, 1.82) is 0 Å². The second-order valence-corrected chi connectivity index (χ2v) is 3.91. The third-order valence-electron chi connectivity index (χ3n) is 2.25. The minimum Gasteiger partial charge on any atom is -0.466 e. The summed E-state index contributed by atoms with van der Waals surface area (Å²) in [4.78, 5) is 11.4. The van der Waals surface area contributed by atoms with Gasteiger partial charge in [0.1, 0.15) is 0 Å². The highest BCUT2D eigenvalue weighted by atomic mass is 16.7. The van der Waals surface area contributed by atoms with Crippen LogP contribution in [0.4, 0.5) is 0 Å². The summed E-state index contributed by atoms with van der Waals surface area (Å²) in [7, 11) is 0. The number of carbonyl (C=O) groups excluding carboxylic acids is 1. The molecular weight excluding hydrogens is 184 g/mol. The highest BCUT2D eigenvalue weighted by Gasteiger charge is 2.38. The largest absolute Gasteiger partial charge is 0.466 e. The van der Waals surface area contributed by atoms with Gasteiger partial charge >= 0.3 is 5.97 Å². The zero-order chi connectivity index (χ0) is 10.8. The molecule has 1 heterocycles. The topological polar surface area (TPSA) is 44.8 Å². The Balaban J connectivity index is 2.46. The van der Waals surface area contributed by atoms with E-state index in [1.54, 1.807) is 13.8 Å². The maximum atomic E-state index is 11.4. The Hall–Kier alpha value is -0.610. The Morgan fingerprint density at radius 1 is 1.64 bits per heavy atom. The van der Waals surface area contributed by atoms with E-state index < -0.39 is 5.79 Å². The molecule has 0 saturated carbocycles. The van der Waals surface area contributed by atoms with Gasteiger partial charge in [-0.15, -0.1) is 0 Å². The molecule has 0 bridgehead atoms. The molecule has 0 aromatic heterocycles. The first kappa shape index (κ1) is 11.5. The number of rotatable bonds is 3. The molecule has 0 N–H and O–H groups in total. The van der Waals surface area contributed by atoms with Crippen LogP contribution in [0.25, 0.3) is 0 Å². The van der Waals surface area contributed by atoms with Crippen molar-refractivity contribution in [2.75, 3.05) is 13.2 Å². The summed E-state index contributed by atoms with van der Waals surface area (Å²) in [6.07, 6.45) is -0.191. The quantitative estimate of drug-likeness (QED) is 0.648. The maximum Gasteiger partial charge on any atom is 0.311 e. The molecule has 0 unspecified atom stereocenters. The van der Waals surface area contributed by atoms with E-state index in [1.807, 2.05) is 13.8 Å². The zero-order valence-corrected chi connectivity index (χ0v) is 9.20. The summed E-state index contributed by atoms with van der Waals surface area (Å²) in [5.41, 5.74) is 0. The predicted molar refractivity (Wildman–Crippen MR) is 50.7 cm³/mol. The molecule has 0 spiro atoms. The highest BCUT2D eigenvalue weighted by Crippen LogP contribution is 2.27. The van der Waals surface area contributed by atoms with Crippen LogP contribution in [0, 0.1) is 5.92 Å². The Labute approximate surface area is 84.5 Å². The molecule has 0 radical (unpaired) electrons. The minimum absolute atomic E-state index is 0.191. The molecule has 0 aromatic carbocycles. The molecule has 1 aliphatic heterocycles. The van der Waals surface area contributed by atoms with Crippen molar-refractivity contribution in [3.05, 3.63) is 0 Å². The summed E-state index contributed by atoms with van der Waals surface area (Å²) >= 11 is 0. The third-order valence-corrected chi connectivity index (χ3v) is 2.25. The Morgan fingerprint density at radius 3 is 2.71 bits per heavy atom. The van der Waals surface area contributed by atoms with E-state index in [9.17, 15) is 4.79 Å². The molecule has 1 saturated heterocycles. The van der Waals surface area contributed by atoms with Crippen LogP contribution in [0.3, 0.4) is 0 Å². The molecule has 1 fully saturated rings. The maximum absolute atomic E-state index is 11.4. The van der Waals surface area contributed by atoms with Crippen LogP contribution in [0.5, 0.6) is 0 Å². The van der Waals surface area contributed by atoms with E-state index in [1.165, 1.54) is 0 Å². The fraction of sp³-hybridized carbons (Fsp3) is 0.900. The summed E-state index contributed by atoms with van der Waals surface area (Å²) in [5.74, 6) is -1.07. The lowest BCUT2D eigenvalue weighted by molar-refractivity contribution is -0.162. The number of ether oxygens (including phenoxy) is 3. The highest BCUT2D eigenvalue weighted by molar-refractivity contribution is 5.72. The number of hydrogen-bond acceptors (Lipinski definition) is 4. The van der Waals surface area contributed by atoms with E-state index in [0.717, 1.165) is 0 Å². The molecule has 0 aromatic rings. The van der Waals surface area contributed by atoms with Crippen LogP contribution in [0.2, 0.25) is 0 Å². The van der Waals surface area contributed by atoms with Gasteiger partial charge in [0, 0.05) is 0 Å². The fourth-order valence-electron chi connectivity index (χ4n) is 1.39. The van der Waals surface area contributed by atoms with Crippen molar-refractivity contribution >= 4 is 5.97 Å². The minimum atomic E-state index is -0.578. The van der Waals surface area contributed by atoms with Gasteiger partial charge in [-0.2, -0.15) is 0 Å². The van der Waals surface area contributed by atoms with Gasteiger partial charge in [-0.3, -0.25) is 4.79 Å². The number of esters is 1. The van der Waals surface area contributed by atoms with Crippen LogP contribution >= 0.6 is 0 Å². The molecule has 4 heteroatoms. The average Bonchev–Trinajstić information content (AvgIpc) is 2.45. The van der Waals surface area contributed by atoms with Gasteiger partial charge < -0.3 is 14.2 Å². The molecule has 0 amide bonds. The first-order chi connectivity index (χ1) is 6.46. The van der Waals surface area contributed by atoms with Gasteiger partial charge in [0.15, 0.2) is 5.79 Å². The monoisotopic (exact) mass is 202 g/mol. The zero-order valence-electron chi connectivity index (χ0n) is 9.20. The van der Waals surface area contributed by atoms with Gasteiger partial charge in [-0.1, -0.05) is 0 Å². The normalized spacial score (nSPS) is 27.3. The van der Waals surface area contributed by atoms with E-state index in [2.05, 4.69) is 0 Å². The first-order valence-electron chi connectivity index (χ1n) is 4.94. The van der Waals surface area contributed by atoms with E-state index in [4.69, 9.17) is 14.2 Å². The molecule has 1 rings (SSSR count). The predicted octanol–water partition coefficient (Wildman–Crippen LogP) is 1.34. The number of carbonyl (C=O) groups is 1. The van der Waals surface area contributed by atoms with Crippen LogP contribution in [0.1, 0.15) is 27.7 Å². The van der Waals surface area contributed by atoms with Crippen LogP contribution in [-0.4, -0.2) is 31.1 Å². The van der Waals surface area contributed by atoms with E-state index in [0.29, 0.717) is 13.2 Å². The van der Waals surface area contributed by atoms with Gasteiger partial charge in [0.05, 0.1) is 25.2 Å². The Morgan fingerprint density at radius 2 is 2.29 bits per heavy atom. The summed E-state index contributed by atoms with van der Waals surface area (Å²) in [6, 6.07) is 0. The fourth-order valence-corrected chi connectivity index (χ4v) is 1.39. The van der Waals surface area contributed by atoms with Crippen molar-refractivity contribution < 1.29 is 19.0 Å². The lowest BCUT2D eigenvalue weighted by atomic mass is 10.1. The van der Waals surface area contributed by atoms with Gasteiger partial charge in [0.25, 0.3) is 0 Å². The molecule has 14 heavy (non-hydrogen) atoms. The van der Waals surface area contributed by atoms with Crippen molar-refractivity contribution in [1.82, 2.24) is 0 Å².